The molecule has 0 spiro atoms. The molecule has 0 fully saturated rings. The topological polar surface area (TPSA) is 72.9 Å². The summed E-state index contributed by atoms with van der Waals surface area (Å²) in [6, 6.07) is 16.3. The monoisotopic (exact) mass is 346 g/mol. The van der Waals surface area contributed by atoms with Gasteiger partial charge in [-0.15, -0.1) is 0 Å². The van der Waals surface area contributed by atoms with Crippen LogP contribution in [0.25, 0.3) is 16.9 Å². The Bertz CT molecular complexity index is 845. The van der Waals surface area contributed by atoms with E-state index in [0.29, 0.717) is 16.4 Å². The van der Waals surface area contributed by atoms with Gasteiger partial charge in [0.1, 0.15) is 10.7 Å². The number of carbonyl (C=O) groups is 1. The van der Waals surface area contributed by atoms with Crippen LogP contribution in [-0.4, -0.2) is 15.7 Å². The number of hydrazine groups is 1. The summed E-state index contributed by atoms with van der Waals surface area (Å²) in [5.41, 5.74) is 4.21. The zero-order valence-electron chi connectivity index (χ0n) is 11.8. The Morgan fingerprint density at radius 1 is 1.04 bits per heavy atom. The third kappa shape index (κ3) is 2.94. The average molecular weight is 347 g/mol. The lowest BCUT2D eigenvalue weighted by Gasteiger charge is -2.06. The van der Waals surface area contributed by atoms with E-state index in [4.69, 9.17) is 29.0 Å². The first-order valence-electron chi connectivity index (χ1n) is 6.72. The molecule has 0 bridgehead atoms. The number of nitrogen functional groups attached to an aromatic ring is 1. The predicted octanol–water partition coefficient (Wildman–Crippen LogP) is 3.45. The van der Waals surface area contributed by atoms with Crippen LogP contribution in [0.2, 0.25) is 10.0 Å². The largest absolute Gasteiger partial charge is 0.289 e. The Balaban J connectivity index is 2.22. The van der Waals surface area contributed by atoms with E-state index in [2.05, 4.69) is 10.5 Å². The van der Waals surface area contributed by atoms with Crippen LogP contribution in [-0.2, 0) is 0 Å². The van der Waals surface area contributed by atoms with Gasteiger partial charge in [0.25, 0.3) is 5.91 Å². The second-order valence-electron chi connectivity index (χ2n) is 4.74. The Morgan fingerprint density at radius 2 is 1.70 bits per heavy atom. The van der Waals surface area contributed by atoms with Crippen LogP contribution >= 0.6 is 23.2 Å². The van der Waals surface area contributed by atoms with Gasteiger partial charge in [-0.25, -0.2) is 10.5 Å². The minimum absolute atomic E-state index is 0.162. The van der Waals surface area contributed by atoms with Crippen molar-refractivity contribution in [2.75, 3.05) is 0 Å². The number of nitrogens with one attached hydrogen (secondary N) is 1. The maximum atomic E-state index is 12.1. The van der Waals surface area contributed by atoms with Crippen molar-refractivity contribution in [1.82, 2.24) is 15.2 Å². The molecule has 7 heteroatoms. The molecule has 3 rings (SSSR count). The molecule has 0 saturated heterocycles. The van der Waals surface area contributed by atoms with Gasteiger partial charge in [-0.05, 0) is 24.3 Å². The minimum atomic E-state index is -0.528. The zero-order chi connectivity index (χ0) is 16.4. The number of aromatic nitrogens is 2. The summed E-state index contributed by atoms with van der Waals surface area (Å²) >= 11 is 12.3. The third-order valence-corrected chi connectivity index (χ3v) is 3.90. The van der Waals surface area contributed by atoms with Crippen LogP contribution in [0.5, 0.6) is 0 Å². The van der Waals surface area contributed by atoms with Gasteiger partial charge in [0.05, 0.1) is 5.69 Å². The van der Waals surface area contributed by atoms with Gasteiger partial charge < -0.3 is 0 Å². The van der Waals surface area contributed by atoms with Crippen LogP contribution in [0.4, 0.5) is 0 Å². The Kier molecular flexibility index (Phi) is 4.34. The van der Waals surface area contributed by atoms with E-state index in [9.17, 15) is 4.79 Å². The molecule has 0 saturated carbocycles. The number of benzene rings is 2. The molecule has 0 atom stereocenters. The lowest BCUT2D eigenvalue weighted by Crippen LogP contribution is -2.32. The highest BCUT2D eigenvalue weighted by molar-refractivity contribution is 6.36. The summed E-state index contributed by atoms with van der Waals surface area (Å²) in [5, 5.41) is 5.29. The van der Waals surface area contributed by atoms with Crippen molar-refractivity contribution >= 4 is 29.1 Å². The molecule has 0 aliphatic rings. The van der Waals surface area contributed by atoms with E-state index in [1.165, 1.54) is 4.68 Å². The molecule has 3 aromatic rings. The summed E-state index contributed by atoms with van der Waals surface area (Å²) < 4.78 is 1.45. The number of amides is 1. The fourth-order valence-corrected chi connectivity index (χ4v) is 2.65. The molecule has 1 amide bonds. The predicted molar refractivity (Wildman–Crippen MR) is 90.7 cm³/mol. The third-order valence-electron chi connectivity index (χ3n) is 3.29. The molecular weight excluding hydrogens is 335 g/mol. The Hall–Kier alpha value is -2.34. The highest BCUT2D eigenvalue weighted by Crippen LogP contribution is 2.31. The number of nitrogens with zero attached hydrogens (tertiary/aromatic N) is 2. The molecule has 2 aromatic carbocycles. The lowest BCUT2D eigenvalue weighted by molar-refractivity contribution is 0.0946. The van der Waals surface area contributed by atoms with Crippen molar-refractivity contribution in [1.29, 1.82) is 0 Å². The van der Waals surface area contributed by atoms with Crippen molar-refractivity contribution in [2.45, 2.75) is 0 Å². The Labute approximate surface area is 142 Å². The highest BCUT2D eigenvalue weighted by atomic mass is 35.5. The van der Waals surface area contributed by atoms with Crippen molar-refractivity contribution < 1.29 is 4.79 Å². The molecule has 1 heterocycles. The van der Waals surface area contributed by atoms with E-state index in [1.807, 2.05) is 30.3 Å². The van der Waals surface area contributed by atoms with Crippen molar-refractivity contribution in [3.63, 3.8) is 0 Å². The lowest BCUT2D eigenvalue weighted by atomic mass is 10.1. The highest BCUT2D eigenvalue weighted by Gasteiger charge is 2.23. The molecule has 116 valence electrons. The second-order valence-corrected chi connectivity index (χ2v) is 5.55. The maximum Gasteiger partial charge on any atom is 0.285 e. The van der Waals surface area contributed by atoms with E-state index in [0.717, 1.165) is 5.56 Å². The molecule has 5 nitrogen and oxygen atoms in total. The molecule has 1 aromatic heterocycles. The first-order chi connectivity index (χ1) is 11.1. The van der Waals surface area contributed by atoms with Crippen LogP contribution in [0.1, 0.15) is 10.5 Å². The number of halogens is 2. The molecule has 0 aliphatic heterocycles. The zero-order valence-corrected chi connectivity index (χ0v) is 13.3. The Morgan fingerprint density at radius 3 is 2.30 bits per heavy atom. The smallest absolute Gasteiger partial charge is 0.285 e. The number of rotatable bonds is 3. The first kappa shape index (κ1) is 15.6. The van der Waals surface area contributed by atoms with E-state index in [1.54, 1.807) is 24.3 Å². The van der Waals surface area contributed by atoms with Gasteiger partial charge in [0.2, 0.25) is 0 Å². The summed E-state index contributed by atoms with van der Waals surface area (Å²) in [6.45, 7) is 0. The van der Waals surface area contributed by atoms with Crippen LogP contribution < -0.4 is 11.3 Å². The first-order valence-corrected chi connectivity index (χ1v) is 7.48. The van der Waals surface area contributed by atoms with Gasteiger partial charge in [0.15, 0.2) is 5.69 Å². The van der Waals surface area contributed by atoms with E-state index < -0.39 is 5.91 Å². The standard InChI is InChI=1S/C16H12Cl2N4O/c17-11-6-8-12(9-7-11)22-15(16(23)20-19)13(18)14(21-22)10-4-2-1-3-5-10/h1-9H,19H2,(H,20,23). The van der Waals surface area contributed by atoms with Gasteiger partial charge >= 0.3 is 0 Å². The van der Waals surface area contributed by atoms with Crippen molar-refractivity contribution in [3.05, 3.63) is 70.3 Å². The van der Waals surface area contributed by atoms with Crippen LogP contribution in [0.15, 0.2) is 54.6 Å². The summed E-state index contributed by atoms with van der Waals surface area (Å²) in [5.74, 6) is 4.74. The molecule has 0 aliphatic carbocycles. The summed E-state index contributed by atoms with van der Waals surface area (Å²) in [4.78, 5) is 12.1. The number of hydrogen-bond donors (Lipinski definition) is 2. The van der Waals surface area contributed by atoms with Crippen molar-refractivity contribution in [3.8, 4) is 16.9 Å². The average Bonchev–Trinajstić information content (AvgIpc) is 2.93. The fraction of sp³-hybridized carbons (Fsp3) is 0. The SMILES string of the molecule is NNC(=O)c1c(Cl)c(-c2ccccc2)nn1-c1ccc(Cl)cc1. The van der Waals surface area contributed by atoms with E-state index in [-0.39, 0.29) is 10.7 Å². The molecule has 3 N–H and O–H groups in total. The maximum absolute atomic E-state index is 12.1. The number of hydrogen-bond acceptors (Lipinski definition) is 3. The van der Waals surface area contributed by atoms with Crippen LogP contribution in [0, 0.1) is 0 Å². The quantitative estimate of drug-likeness (QED) is 0.433. The van der Waals surface area contributed by atoms with Gasteiger partial charge in [-0.3, -0.25) is 10.2 Å². The van der Waals surface area contributed by atoms with Crippen LogP contribution in [0.3, 0.4) is 0 Å². The number of nitrogens with two attached hydrogens (primary N) is 1. The van der Waals surface area contributed by atoms with Gasteiger partial charge in [-0.2, -0.15) is 5.10 Å². The van der Waals surface area contributed by atoms with Gasteiger partial charge in [-0.1, -0.05) is 53.5 Å². The van der Waals surface area contributed by atoms with E-state index >= 15 is 0 Å². The molecule has 23 heavy (non-hydrogen) atoms. The summed E-state index contributed by atoms with van der Waals surface area (Å²) in [6.07, 6.45) is 0. The molecular formula is C16H12Cl2N4O. The normalized spacial score (nSPS) is 10.6. The molecule has 0 unspecified atom stereocenters. The van der Waals surface area contributed by atoms with Gasteiger partial charge in [0, 0.05) is 10.6 Å². The fourth-order valence-electron chi connectivity index (χ4n) is 2.21. The number of carbonyl (C=O) groups excluding carboxylic acids is 1. The summed E-state index contributed by atoms with van der Waals surface area (Å²) in [7, 11) is 0. The minimum Gasteiger partial charge on any atom is -0.289 e. The second kappa shape index (κ2) is 6.42. The van der Waals surface area contributed by atoms with Crippen molar-refractivity contribution in [2.24, 2.45) is 5.84 Å². The molecule has 0 radical (unpaired) electrons.